The van der Waals surface area contributed by atoms with Crippen LogP contribution in [0.1, 0.15) is 27.2 Å². The van der Waals surface area contributed by atoms with Crippen molar-refractivity contribution in [3.8, 4) is 0 Å². The van der Waals surface area contributed by atoms with Gasteiger partial charge in [0, 0.05) is 5.57 Å². The van der Waals surface area contributed by atoms with Crippen molar-refractivity contribution in [1.82, 2.24) is 0 Å². The van der Waals surface area contributed by atoms with Gasteiger partial charge >= 0.3 is 12.4 Å². The lowest BCUT2D eigenvalue weighted by Crippen LogP contribution is -2.41. The minimum Gasteiger partial charge on any atom is -0.229 e. The number of hydrogen-bond donors (Lipinski definition) is 0. The van der Waals surface area contributed by atoms with E-state index in [1.807, 2.05) is 0 Å². The van der Waals surface area contributed by atoms with E-state index in [-0.39, 0.29) is 6.92 Å². The molecular formula is C9H11F7. The van der Waals surface area contributed by atoms with E-state index in [0.717, 1.165) is 6.92 Å². The molecule has 0 aliphatic carbocycles. The summed E-state index contributed by atoms with van der Waals surface area (Å²) >= 11 is 0. The number of allylic oxidation sites excluding steroid dienone is 2. The molecule has 0 spiro atoms. The van der Waals surface area contributed by atoms with Crippen LogP contribution in [0.15, 0.2) is 11.1 Å². The Kier molecular flexibility index (Phi) is 4.05. The van der Waals surface area contributed by atoms with Gasteiger partial charge in [0.05, 0.1) is 0 Å². The second kappa shape index (κ2) is 4.25. The van der Waals surface area contributed by atoms with Crippen LogP contribution in [0.25, 0.3) is 0 Å². The first-order valence-corrected chi connectivity index (χ1v) is 4.38. The smallest absolute Gasteiger partial charge is 0.229 e. The van der Waals surface area contributed by atoms with Crippen LogP contribution in [0.5, 0.6) is 0 Å². The highest BCUT2D eigenvalue weighted by Crippen LogP contribution is 2.44. The third-order valence-electron chi connectivity index (χ3n) is 2.33. The molecule has 0 amide bonds. The van der Waals surface area contributed by atoms with E-state index in [1.165, 1.54) is 0 Å². The maximum absolute atomic E-state index is 13.4. The number of rotatable bonds is 2. The van der Waals surface area contributed by atoms with Gasteiger partial charge in [0.1, 0.15) is 0 Å². The van der Waals surface area contributed by atoms with Crippen LogP contribution in [0.4, 0.5) is 30.7 Å². The first-order valence-electron chi connectivity index (χ1n) is 4.38. The summed E-state index contributed by atoms with van der Waals surface area (Å²) in [4.78, 5) is 0. The van der Waals surface area contributed by atoms with Crippen LogP contribution in [-0.4, -0.2) is 18.0 Å². The van der Waals surface area contributed by atoms with Crippen molar-refractivity contribution in [2.45, 2.75) is 45.2 Å². The molecule has 1 unspecified atom stereocenters. The second-order valence-electron chi connectivity index (χ2n) is 3.46. The first kappa shape index (κ1) is 15.2. The lowest BCUT2D eigenvalue weighted by molar-refractivity contribution is -0.211. The second-order valence-corrected chi connectivity index (χ2v) is 3.46. The minimum atomic E-state index is -5.36. The van der Waals surface area contributed by atoms with Crippen molar-refractivity contribution in [2.24, 2.45) is 0 Å². The summed E-state index contributed by atoms with van der Waals surface area (Å²) < 4.78 is 86.7. The lowest BCUT2D eigenvalue weighted by atomic mass is 9.90. The van der Waals surface area contributed by atoms with Crippen LogP contribution >= 0.6 is 0 Å². The van der Waals surface area contributed by atoms with E-state index in [4.69, 9.17) is 0 Å². The highest BCUT2D eigenvalue weighted by atomic mass is 19.4. The van der Waals surface area contributed by atoms with Crippen LogP contribution in [-0.2, 0) is 0 Å². The Balaban J connectivity index is 5.65. The van der Waals surface area contributed by atoms with Gasteiger partial charge in [0.15, 0.2) is 0 Å². The highest BCUT2D eigenvalue weighted by molar-refractivity contribution is 5.27. The topological polar surface area (TPSA) is 0 Å². The molecule has 0 aliphatic rings. The summed E-state index contributed by atoms with van der Waals surface area (Å²) in [6.07, 6.45) is -11.0. The summed E-state index contributed by atoms with van der Waals surface area (Å²) in [6.45, 7) is 1.59. The van der Waals surface area contributed by atoms with Gasteiger partial charge in [-0.3, -0.25) is 0 Å². The Hall–Kier alpha value is -0.750. The standard InChI is InChI=1S/C9H11F7/c1-4-6(5(2)8(11,12)13)7(3,10)9(14,15)16/h4H2,1-3H3. The van der Waals surface area contributed by atoms with Crippen LogP contribution in [0, 0.1) is 0 Å². The Labute approximate surface area is 88.1 Å². The molecule has 7 heteroatoms. The normalized spacial score (nSPS) is 19.1. The minimum absolute atomic E-state index is 0.0983. The fraction of sp³-hybridized carbons (Fsp3) is 0.778. The van der Waals surface area contributed by atoms with Gasteiger partial charge < -0.3 is 0 Å². The number of hydrogen-bond acceptors (Lipinski definition) is 0. The Morgan fingerprint density at radius 2 is 1.31 bits per heavy atom. The highest BCUT2D eigenvalue weighted by Gasteiger charge is 2.56. The van der Waals surface area contributed by atoms with Gasteiger partial charge in [-0.1, -0.05) is 6.92 Å². The largest absolute Gasteiger partial charge is 0.426 e. The fourth-order valence-corrected chi connectivity index (χ4v) is 1.29. The van der Waals surface area contributed by atoms with Crippen molar-refractivity contribution < 1.29 is 30.7 Å². The molecule has 16 heavy (non-hydrogen) atoms. The molecule has 0 aromatic heterocycles. The molecule has 0 rings (SSSR count). The van der Waals surface area contributed by atoms with Crippen molar-refractivity contribution in [3.63, 3.8) is 0 Å². The Bertz CT molecular complexity index is 279. The predicted molar refractivity (Wildman–Crippen MR) is 44.6 cm³/mol. The summed E-state index contributed by atoms with van der Waals surface area (Å²) in [7, 11) is 0. The first-order chi connectivity index (χ1) is 6.85. The average Bonchev–Trinajstić information content (AvgIpc) is 2.00. The molecule has 0 aliphatic heterocycles. The Morgan fingerprint density at radius 1 is 0.938 bits per heavy atom. The van der Waals surface area contributed by atoms with E-state index >= 15 is 0 Å². The molecular weight excluding hydrogens is 241 g/mol. The Morgan fingerprint density at radius 3 is 1.50 bits per heavy atom. The van der Waals surface area contributed by atoms with Gasteiger partial charge in [-0.05, 0) is 25.8 Å². The lowest BCUT2D eigenvalue weighted by Gasteiger charge is -2.28. The predicted octanol–water partition coefficient (Wildman–Crippen LogP) is 4.57. The van der Waals surface area contributed by atoms with Crippen LogP contribution in [0.3, 0.4) is 0 Å². The van der Waals surface area contributed by atoms with Gasteiger partial charge in [0.25, 0.3) is 0 Å². The van der Waals surface area contributed by atoms with Crippen molar-refractivity contribution in [2.75, 3.05) is 0 Å². The summed E-state index contributed by atoms with van der Waals surface area (Å²) in [5, 5.41) is 0. The average molecular weight is 252 g/mol. The van der Waals surface area contributed by atoms with Crippen LogP contribution < -0.4 is 0 Å². The van der Waals surface area contributed by atoms with E-state index < -0.39 is 35.6 Å². The number of alkyl halides is 7. The third-order valence-corrected chi connectivity index (χ3v) is 2.33. The molecule has 96 valence electrons. The third kappa shape index (κ3) is 2.89. The van der Waals surface area contributed by atoms with Crippen molar-refractivity contribution >= 4 is 0 Å². The molecule has 0 saturated heterocycles. The van der Waals surface area contributed by atoms with E-state index in [1.54, 1.807) is 0 Å². The molecule has 0 nitrogen and oxygen atoms in total. The van der Waals surface area contributed by atoms with Gasteiger partial charge in [-0.25, -0.2) is 4.39 Å². The molecule has 0 aromatic carbocycles. The van der Waals surface area contributed by atoms with Crippen molar-refractivity contribution in [3.05, 3.63) is 11.1 Å². The quantitative estimate of drug-likeness (QED) is 0.499. The zero-order valence-electron chi connectivity index (χ0n) is 8.85. The van der Waals surface area contributed by atoms with Gasteiger partial charge in [0.2, 0.25) is 5.67 Å². The molecule has 0 fully saturated rings. The monoisotopic (exact) mass is 252 g/mol. The number of halogens is 7. The molecule has 0 N–H and O–H groups in total. The summed E-state index contributed by atoms with van der Waals surface area (Å²) in [6, 6.07) is 0. The maximum Gasteiger partial charge on any atom is 0.426 e. The zero-order chi connectivity index (χ0) is 13.4. The van der Waals surface area contributed by atoms with E-state index in [0.29, 0.717) is 6.92 Å². The summed E-state index contributed by atoms with van der Waals surface area (Å²) in [5.74, 6) is 0. The maximum atomic E-state index is 13.4. The van der Waals surface area contributed by atoms with Gasteiger partial charge in [-0.15, -0.1) is 0 Å². The molecule has 0 saturated carbocycles. The zero-order valence-corrected chi connectivity index (χ0v) is 8.85. The summed E-state index contributed by atoms with van der Waals surface area (Å²) in [5.41, 5.74) is -6.77. The molecule has 1 atom stereocenters. The molecule has 0 radical (unpaired) electrons. The van der Waals surface area contributed by atoms with E-state index in [9.17, 15) is 30.7 Å². The van der Waals surface area contributed by atoms with E-state index in [2.05, 4.69) is 0 Å². The molecule has 0 heterocycles. The van der Waals surface area contributed by atoms with Gasteiger partial charge in [-0.2, -0.15) is 26.3 Å². The molecule has 0 aromatic rings. The van der Waals surface area contributed by atoms with Crippen LogP contribution in [0.2, 0.25) is 0 Å². The molecule has 0 bridgehead atoms. The fourth-order valence-electron chi connectivity index (χ4n) is 1.29. The SMILES string of the molecule is CCC(=C(C)C(F)(F)F)C(C)(F)C(F)(F)F. The van der Waals surface area contributed by atoms with Crippen molar-refractivity contribution in [1.29, 1.82) is 0 Å².